The molecule has 1 amide bonds. The molecule has 2 saturated heterocycles. The summed E-state index contributed by atoms with van der Waals surface area (Å²) in [5.41, 5.74) is 5.41. The molecule has 2 atom stereocenters. The molecular formula is C19H25N3O. The topological polar surface area (TPSA) is 48.1 Å². The molecule has 0 unspecified atom stereocenters. The third-order valence-corrected chi connectivity index (χ3v) is 5.61. The number of aromatic nitrogens is 1. The SMILES string of the molecule is Cc1cc(C)c2[nH]c(C(=O)N3C[C@@H]4CCCN[C@@H]4C3)c(C)c2c1. The van der Waals surface area contributed by atoms with E-state index >= 15 is 0 Å². The van der Waals surface area contributed by atoms with Gasteiger partial charge in [0, 0.05) is 30.0 Å². The quantitative estimate of drug-likeness (QED) is 0.851. The van der Waals surface area contributed by atoms with E-state index in [1.54, 1.807) is 0 Å². The van der Waals surface area contributed by atoms with Crippen molar-refractivity contribution in [3.63, 3.8) is 0 Å². The van der Waals surface area contributed by atoms with Gasteiger partial charge in [-0.05, 0) is 63.3 Å². The molecule has 0 bridgehead atoms. The second kappa shape index (κ2) is 5.38. The molecule has 1 aromatic heterocycles. The minimum atomic E-state index is 0.159. The van der Waals surface area contributed by atoms with Crippen LogP contribution in [0.2, 0.25) is 0 Å². The van der Waals surface area contributed by atoms with E-state index in [4.69, 9.17) is 0 Å². The molecule has 4 nitrogen and oxygen atoms in total. The number of amides is 1. The molecule has 0 saturated carbocycles. The monoisotopic (exact) mass is 311 g/mol. The van der Waals surface area contributed by atoms with E-state index in [0.29, 0.717) is 12.0 Å². The predicted molar refractivity (Wildman–Crippen MR) is 92.9 cm³/mol. The number of likely N-dealkylation sites (tertiary alicyclic amines) is 1. The van der Waals surface area contributed by atoms with Crippen LogP contribution in [0.25, 0.3) is 10.9 Å². The summed E-state index contributed by atoms with van der Waals surface area (Å²) in [6, 6.07) is 4.83. The Bertz CT molecular complexity index is 763. The molecule has 0 aliphatic carbocycles. The Balaban J connectivity index is 1.68. The molecule has 2 N–H and O–H groups in total. The molecule has 4 rings (SSSR count). The summed E-state index contributed by atoms with van der Waals surface area (Å²) in [6.07, 6.45) is 2.47. The van der Waals surface area contributed by atoms with Crippen molar-refractivity contribution in [1.82, 2.24) is 15.2 Å². The van der Waals surface area contributed by atoms with Crippen LogP contribution >= 0.6 is 0 Å². The summed E-state index contributed by atoms with van der Waals surface area (Å²) in [7, 11) is 0. The number of hydrogen-bond donors (Lipinski definition) is 2. The first-order valence-electron chi connectivity index (χ1n) is 8.67. The number of carbonyl (C=O) groups excluding carboxylic acids is 1. The van der Waals surface area contributed by atoms with Gasteiger partial charge < -0.3 is 15.2 Å². The third-order valence-electron chi connectivity index (χ3n) is 5.61. The fourth-order valence-electron chi connectivity index (χ4n) is 4.37. The van der Waals surface area contributed by atoms with Crippen LogP contribution in [0, 0.1) is 26.7 Å². The number of carbonyl (C=O) groups is 1. The molecule has 3 heterocycles. The lowest BCUT2D eigenvalue weighted by Gasteiger charge is -2.24. The Morgan fingerprint density at radius 2 is 2.04 bits per heavy atom. The first-order valence-corrected chi connectivity index (χ1v) is 8.67. The van der Waals surface area contributed by atoms with Crippen molar-refractivity contribution in [2.45, 2.75) is 39.7 Å². The number of H-pyrrole nitrogens is 1. The molecule has 23 heavy (non-hydrogen) atoms. The highest BCUT2D eigenvalue weighted by atomic mass is 16.2. The van der Waals surface area contributed by atoms with E-state index in [1.165, 1.54) is 29.4 Å². The number of nitrogens with zero attached hydrogens (tertiary/aromatic N) is 1. The molecule has 2 aromatic rings. The minimum Gasteiger partial charge on any atom is -0.350 e. The van der Waals surface area contributed by atoms with Crippen LogP contribution in [0.15, 0.2) is 12.1 Å². The zero-order valence-electron chi connectivity index (χ0n) is 14.2. The highest BCUT2D eigenvalue weighted by Crippen LogP contribution is 2.30. The zero-order valence-corrected chi connectivity index (χ0v) is 14.2. The molecule has 2 aliphatic rings. The van der Waals surface area contributed by atoms with Crippen LogP contribution in [0.5, 0.6) is 0 Å². The second-order valence-electron chi connectivity index (χ2n) is 7.30. The molecule has 2 aliphatic heterocycles. The van der Waals surface area contributed by atoms with Crippen molar-refractivity contribution in [3.8, 4) is 0 Å². The summed E-state index contributed by atoms with van der Waals surface area (Å²) in [5.74, 6) is 0.785. The highest BCUT2D eigenvalue weighted by Gasteiger charge is 2.37. The Kier molecular flexibility index (Phi) is 3.45. The lowest BCUT2D eigenvalue weighted by Crippen LogP contribution is -2.41. The van der Waals surface area contributed by atoms with Crippen molar-refractivity contribution >= 4 is 16.8 Å². The first-order chi connectivity index (χ1) is 11.0. The van der Waals surface area contributed by atoms with Gasteiger partial charge in [0.1, 0.15) is 5.69 Å². The number of rotatable bonds is 1. The van der Waals surface area contributed by atoms with Crippen molar-refractivity contribution in [1.29, 1.82) is 0 Å². The van der Waals surface area contributed by atoms with Gasteiger partial charge in [0.2, 0.25) is 0 Å². The van der Waals surface area contributed by atoms with E-state index < -0.39 is 0 Å². The summed E-state index contributed by atoms with van der Waals surface area (Å²) in [4.78, 5) is 18.5. The Hall–Kier alpha value is -1.81. The van der Waals surface area contributed by atoms with Gasteiger partial charge in [0.05, 0.1) is 0 Å². The summed E-state index contributed by atoms with van der Waals surface area (Å²) in [5, 5.41) is 4.75. The number of aromatic amines is 1. The maximum absolute atomic E-state index is 13.0. The van der Waals surface area contributed by atoms with Gasteiger partial charge in [0.25, 0.3) is 5.91 Å². The number of nitrogens with one attached hydrogen (secondary N) is 2. The number of aryl methyl sites for hydroxylation is 3. The Labute approximate surface area is 137 Å². The second-order valence-corrected chi connectivity index (χ2v) is 7.30. The lowest BCUT2D eigenvalue weighted by molar-refractivity contribution is 0.0780. The fraction of sp³-hybridized carbons (Fsp3) is 0.526. The van der Waals surface area contributed by atoms with Gasteiger partial charge in [-0.1, -0.05) is 11.6 Å². The molecule has 122 valence electrons. The average Bonchev–Trinajstić information content (AvgIpc) is 3.09. The van der Waals surface area contributed by atoms with Gasteiger partial charge in [-0.25, -0.2) is 0 Å². The lowest BCUT2D eigenvalue weighted by atomic mass is 9.94. The van der Waals surface area contributed by atoms with Gasteiger partial charge in [0.15, 0.2) is 0 Å². The molecular weight excluding hydrogens is 286 g/mol. The van der Waals surface area contributed by atoms with E-state index in [-0.39, 0.29) is 5.91 Å². The van der Waals surface area contributed by atoms with Crippen molar-refractivity contribution in [2.24, 2.45) is 5.92 Å². The normalized spacial score (nSPS) is 24.2. The third kappa shape index (κ3) is 2.36. The molecule has 1 aromatic carbocycles. The van der Waals surface area contributed by atoms with Crippen LogP contribution in [0.1, 0.15) is 40.0 Å². The van der Waals surface area contributed by atoms with Crippen molar-refractivity contribution in [2.75, 3.05) is 19.6 Å². The minimum absolute atomic E-state index is 0.159. The van der Waals surface area contributed by atoms with Crippen LogP contribution in [0.3, 0.4) is 0 Å². The Morgan fingerprint density at radius 1 is 1.22 bits per heavy atom. The fourth-order valence-corrected chi connectivity index (χ4v) is 4.37. The van der Waals surface area contributed by atoms with E-state index in [2.05, 4.69) is 43.2 Å². The highest BCUT2D eigenvalue weighted by molar-refractivity contribution is 6.01. The van der Waals surface area contributed by atoms with Gasteiger partial charge >= 0.3 is 0 Å². The molecule has 0 radical (unpaired) electrons. The standard InChI is InChI=1S/C19H25N3O/c1-11-7-12(2)17-15(8-11)13(3)18(21-17)19(23)22-9-14-5-4-6-20-16(14)10-22/h7-8,14,16,20-21H,4-6,9-10H2,1-3H3/t14-,16+/m0/s1. The largest absolute Gasteiger partial charge is 0.350 e. The number of fused-ring (bicyclic) bond motifs is 2. The summed E-state index contributed by atoms with van der Waals surface area (Å²) >= 11 is 0. The molecule has 0 spiro atoms. The average molecular weight is 311 g/mol. The van der Waals surface area contributed by atoms with Gasteiger partial charge in [-0.15, -0.1) is 0 Å². The first kappa shape index (κ1) is 14.8. The summed E-state index contributed by atoms with van der Waals surface area (Å²) in [6.45, 7) is 9.10. The van der Waals surface area contributed by atoms with Gasteiger partial charge in [-0.3, -0.25) is 4.79 Å². The summed E-state index contributed by atoms with van der Waals surface area (Å²) < 4.78 is 0. The van der Waals surface area contributed by atoms with E-state index in [1.807, 2.05) is 4.90 Å². The smallest absolute Gasteiger partial charge is 0.270 e. The number of piperidine rings is 1. The number of hydrogen-bond acceptors (Lipinski definition) is 2. The maximum Gasteiger partial charge on any atom is 0.270 e. The molecule has 4 heteroatoms. The van der Waals surface area contributed by atoms with Gasteiger partial charge in [-0.2, -0.15) is 0 Å². The molecule has 2 fully saturated rings. The van der Waals surface area contributed by atoms with E-state index in [9.17, 15) is 4.79 Å². The van der Waals surface area contributed by atoms with Crippen LogP contribution in [-0.4, -0.2) is 41.5 Å². The predicted octanol–water partition coefficient (Wildman–Crippen LogP) is 2.92. The van der Waals surface area contributed by atoms with E-state index in [0.717, 1.165) is 36.4 Å². The Morgan fingerprint density at radius 3 is 2.83 bits per heavy atom. The zero-order chi connectivity index (χ0) is 16.1. The van der Waals surface area contributed by atoms with Crippen LogP contribution in [0.4, 0.5) is 0 Å². The van der Waals surface area contributed by atoms with Crippen LogP contribution < -0.4 is 5.32 Å². The van der Waals surface area contributed by atoms with Crippen LogP contribution in [-0.2, 0) is 0 Å². The maximum atomic E-state index is 13.0. The van der Waals surface area contributed by atoms with Crippen molar-refractivity contribution in [3.05, 3.63) is 34.5 Å². The van der Waals surface area contributed by atoms with Crippen molar-refractivity contribution < 1.29 is 4.79 Å². The number of benzene rings is 1.